The summed E-state index contributed by atoms with van der Waals surface area (Å²) >= 11 is 0. The highest BCUT2D eigenvalue weighted by molar-refractivity contribution is 7.92. The van der Waals surface area contributed by atoms with Crippen molar-refractivity contribution in [3.63, 3.8) is 0 Å². The Morgan fingerprint density at radius 2 is 1.76 bits per heavy atom. The van der Waals surface area contributed by atoms with Gasteiger partial charge in [0.15, 0.2) is 0 Å². The van der Waals surface area contributed by atoms with E-state index in [9.17, 15) is 21.6 Å². The lowest BCUT2D eigenvalue weighted by molar-refractivity contribution is -0.136. The molecule has 2 aliphatic rings. The molecule has 0 bridgehead atoms. The smallest absolute Gasteiger partial charge is 0.307 e. The molecule has 1 heterocycles. The van der Waals surface area contributed by atoms with E-state index in [4.69, 9.17) is 5.11 Å². The van der Waals surface area contributed by atoms with Gasteiger partial charge in [-0.2, -0.15) is 4.31 Å². The number of benzene rings is 1. The van der Waals surface area contributed by atoms with Crippen LogP contribution in [0, 0.1) is 11.8 Å². The lowest BCUT2D eigenvalue weighted by Gasteiger charge is -2.20. The zero-order valence-electron chi connectivity index (χ0n) is 13.2. The predicted octanol–water partition coefficient (Wildman–Crippen LogP) is -0.00450. The molecule has 136 valence electrons. The molecule has 1 aliphatic heterocycles. The van der Waals surface area contributed by atoms with E-state index in [-0.39, 0.29) is 42.3 Å². The van der Waals surface area contributed by atoms with E-state index in [1.165, 1.54) is 28.6 Å². The van der Waals surface area contributed by atoms with E-state index < -0.39 is 26.0 Å². The molecule has 0 spiro atoms. The largest absolute Gasteiger partial charge is 0.481 e. The number of carbonyl (C=O) groups is 1. The van der Waals surface area contributed by atoms with Crippen LogP contribution in [0.5, 0.6) is 0 Å². The number of carboxylic acids is 1. The summed E-state index contributed by atoms with van der Waals surface area (Å²) < 4.78 is 52.1. The summed E-state index contributed by atoms with van der Waals surface area (Å²) in [6.45, 7) is 3.75. The van der Waals surface area contributed by atoms with Crippen LogP contribution >= 0.6 is 0 Å². The first-order valence-electron chi connectivity index (χ1n) is 7.60. The Morgan fingerprint density at radius 1 is 1.20 bits per heavy atom. The summed E-state index contributed by atoms with van der Waals surface area (Å²) in [6.07, 6.45) is -0.167. The van der Waals surface area contributed by atoms with Crippen LogP contribution in [0.1, 0.15) is 5.56 Å². The Hall–Kier alpha value is -1.75. The Balaban J connectivity index is 1.66. The third kappa shape index (κ3) is 3.61. The minimum Gasteiger partial charge on any atom is -0.481 e. The van der Waals surface area contributed by atoms with Gasteiger partial charge in [0.2, 0.25) is 20.0 Å². The second-order valence-corrected chi connectivity index (χ2v) is 9.82. The van der Waals surface area contributed by atoms with Gasteiger partial charge in [-0.15, -0.1) is 0 Å². The normalized spacial score (nSPS) is 26.2. The first-order chi connectivity index (χ1) is 11.6. The highest BCUT2D eigenvalue weighted by Crippen LogP contribution is 2.47. The van der Waals surface area contributed by atoms with Gasteiger partial charge in [0.25, 0.3) is 0 Å². The maximum Gasteiger partial charge on any atom is 0.307 e. The first-order valence-corrected chi connectivity index (χ1v) is 10.6. The van der Waals surface area contributed by atoms with Crippen LogP contribution in [-0.4, -0.2) is 51.3 Å². The van der Waals surface area contributed by atoms with Crippen LogP contribution in [-0.2, 0) is 31.3 Å². The quantitative estimate of drug-likeness (QED) is 0.680. The van der Waals surface area contributed by atoms with E-state index in [1.54, 1.807) is 0 Å². The van der Waals surface area contributed by atoms with Gasteiger partial charge in [0, 0.05) is 24.5 Å². The summed E-state index contributed by atoms with van der Waals surface area (Å²) in [5, 5.41) is 9.59. The molecule has 1 aromatic rings. The van der Waals surface area contributed by atoms with E-state index in [1.807, 2.05) is 0 Å². The fourth-order valence-electron chi connectivity index (χ4n) is 3.20. The predicted molar refractivity (Wildman–Crippen MR) is 89.6 cm³/mol. The molecule has 1 aliphatic carbocycles. The van der Waals surface area contributed by atoms with Gasteiger partial charge >= 0.3 is 5.97 Å². The van der Waals surface area contributed by atoms with Crippen molar-refractivity contribution in [2.24, 2.45) is 11.8 Å². The number of hydrogen-bond acceptors (Lipinski definition) is 5. The van der Waals surface area contributed by atoms with Crippen LogP contribution in [0.3, 0.4) is 0 Å². The number of rotatable bonds is 7. The zero-order valence-corrected chi connectivity index (χ0v) is 14.8. The number of nitrogens with one attached hydrogen (secondary N) is 1. The van der Waals surface area contributed by atoms with E-state index >= 15 is 0 Å². The Bertz CT molecular complexity index is 896. The molecule has 2 unspecified atom stereocenters. The fraction of sp³-hybridized carbons (Fsp3) is 0.400. The molecule has 2 fully saturated rings. The molecule has 1 saturated heterocycles. The van der Waals surface area contributed by atoms with Gasteiger partial charge in [0.1, 0.15) is 0 Å². The average Bonchev–Trinajstić information content (AvgIpc) is 2.96. The zero-order chi connectivity index (χ0) is 18.4. The molecular formula is C15H18N2O6S2. The van der Waals surface area contributed by atoms with E-state index in [0.717, 1.165) is 5.41 Å². The van der Waals surface area contributed by atoms with Crippen LogP contribution in [0.15, 0.2) is 41.1 Å². The number of fused-ring (bicyclic) bond motifs is 1. The molecular weight excluding hydrogens is 368 g/mol. The topological polar surface area (TPSA) is 121 Å². The van der Waals surface area contributed by atoms with Crippen molar-refractivity contribution in [1.29, 1.82) is 0 Å². The van der Waals surface area contributed by atoms with Gasteiger partial charge in [0.05, 0.1) is 11.3 Å². The maximum atomic E-state index is 12.6. The van der Waals surface area contributed by atoms with Gasteiger partial charge in [-0.25, -0.2) is 21.6 Å². The standard InChI is InChI=1S/C15H18N2O6S2/c1-2-24(20,21)16-15-12-8-17(9-13(12)15)25(22,23)11-5-3-10(4-6-11)7-14(18)19/h2-6,12-13,15-16H,1,7-9H2,(H,18,19). The van der Waals surface area contributed by atoms with Crippen molar-refractivity contribution in [3.8, 4) is 0 Å². The van der Waals surface area contributed by atoms with Gasteiger partial charge < -0.3 is 5.11 Å². The molecule has 3 rings (SSSR count). The molecule has 10 heteroatoms. The van der Waals surface area contributed by atoms with Crippen LogP contribution < -0.4 is 4.72 Å². The average molecular weight is 386 g/mol. The first kappa shape index (κ1) is 18.1. The second-order valence-electron chi connectivity index (χ2n) is 6.22. The lowest BCUT2D eigenvalue weighted by Crippen LogP contribution is -2.36. The highest BCUT2D eigenvalue weighted by Gasteiger charge is 2.59. The minimum absolute atomic E-state index is 0.0317. The van der Waals surface area contributed by atoms with Crippen LogP contribution in [0.25, 0.3) is 0 Å². The third-order valence-corrected chi connectivity index (χ3v) is 7.48. The number of carboxylic acid groups (broad SMARTS) is 1. The number of nitrogens with zero attached hydrogens (tertiary/aromatic N) is 1. The summed E-state index contributed by atoms with van der Waals surface area (Å²) in [7, 11) is -7.19. The minimum atomic E-state index is -3.67. The van der Waals surface area contributed by atoms with Crippen molar-refractivity contribution >= 4 is 26.0 Å². The second kappa shape index (κ2) is 6.20. The molecule has 1 saturated carbocycles. The molecule has 25 heavy (non-hydrogen) atoms. The van der Waals surface area contributed by atoms with E-state index in [2.05, 4.69) is 11.3 Å². The summed E-state index contributed by atoms with van der Waals surface area (Å²) in [6, 6.07) is 5.52. The van der Waals surface area contributed by atoms with Crippen molar-refractivity contribution in [1.82, 2.24) is 9.03 Å². The number of hydrogen-bond donors (Lipinski definition) is 2. The molecule has 8 nitrogen and oxygen atoms in total. The van der Waals surface area contributed by atoms with Crippen LogP contribution in [0.4, 0.5) is 0 Å². The van der Waals surface area contributed by atoms with Crippen molar-refractivity contribution < 1.29 is 26.7 Å². The summed E-state index contributed by atoms with van der Waals surface area (Å²) in [5.74, 6) is -1.05. The lowest BCUT2D eigenvalue weighted by atomic mass is 10.2. The Morgan fingerprint density at radius 3 is 2.24 bits per heavy atom. The summed E-state index contributed by atoms with van der Waals surface area (Å²) in [4.78, 5) is 10.8. The number of aliphatic carboxylic acids is 1. The number of piperidine rings is 1. The molecule has 2 N–H and O–H groups in total. The van der Waals surface area contributed by atoms with Gasteiger partial charge in [-0.05, 0) is 29.5 Å². The van der Waals surface area contributed by atoms with Crippen LogP contribution in [0.2, 0.25) is 0 Å². The SMILES string of the molecule is C=CS(=O)(=O)NC1C2CN(S(=O)(=O)c3ccc(CC(=O)O)cc3)CC21. The molecule has 0 aromatic heterocycles. The maximum absolute atomic E-state index is 12.6. The fourth-order valence-corrected chi connectivity index (χ4v) is 5.54. The highest BCUT2D eigenvalue weighted by atomic mass is 32.2. The third-order valence-electron chi connectivity index (χ3n) is 4.60. The van der Waals surface area contributed by atoms with E-state index in [0.29, 0.717) is 5.56 Å². The van der Waals surface area contributed by atoms with Gasteiger partial charge in [-0.1, -0.05) is 18.7 Å². The molecule has 0 radical (unpaired) electrons. The Labute approximate surface area is 146 Å². The molecule has 2 atom stereocenters. The monoisotopic (exact) mass is 386 g/mol. The van der Waals surface area contributed by atoms with Crippen molar-refractivity contribution in [2.45, 2.75) is 17.4 Å². The molecule has 0 amide bonds. The van der Waals surface area contributed by atoms with Crippen molar-refractivity contribution in [3.05, 3.63) is 41.8 Å². The number of sulfonamides is 2. The summed E-state index contributed by atoms with van der Waals surface area (Å²) in [5.41, 5.74) is 0.523. The Kier molecular flexibility index (Phi) is 4.48. The van der Waals surface area contributed by atoms with Gasteiger partial charge in [-0.3, -0.25) is 4.79 Å². The van der Waals surface area contributed by atoms with Crippen molar-refractivity contribution in [2.75, 3.05) is 13.1 Å². The molecule has 1 aromatic carbocycles.